The van der Waals surface area contributed by atoms with Gasteiger partial charge in [0.25, 0.3) is 11.5 Å². The van der Waals surface area contributed by atoms with E-state index in [9.17, 15) is 14.9 Å². The summed E-state index contributed by atoms with van der Waals surface area (Å²) in [4.78, 5) is 31.2. The van der Waals surface area contributed by atoms with Crippen molar-refractivity contribution >= 4 is 46.1 Å². The highest BCUT2D eigenvalue weighted by Crippen LogP contribution is 2.37. The smallest absolute Gasteiger partial charge is 0.270 e. The molecule has 3 heterocycles. The zero-order chi connectivity index (χ0) is 27.9. The van der Waals surface area contributed by atoms with Crippen LogP contribution in [-0.2, 0) is 22.5 Å². The lowest BCUT2D eigenvalue weighted by Gasteiger charge is -2.36. The van der Waals surface area contributed by atoms with Crippen LogP contribution in [0.1, 0.15) is 54.9 Å². The van der Waals surface area contributed by atoms with Crippen molar-refractivity contribution in [3.8, 4) is 6.07 Å². The standard InChI is InChI=1S/C30H36N4O3S2/c1-4-13-33-27(32-15-11-23(12-16-32)18-22-9-6-5-7-10-22)24(21(2)25(20-31)28(33)35)19-26-29(36)34(30(38)39-26)14-8-17-37-3/h5-7,9-10,19,23H,4,8,11-18H2,1-3H3/b26-19+. The fourth-order valence-corrected chi connectivity index (χ4v) is 6.69. The molecular weight excluding hydrogens is 528 g/mol. The predicted molar refractivity (Wildman–Crippen MR) is 162 cm³/mol. The van der Waals surface area contributed by atoms with Crippen LogP contribution in [0.3, 0.4) is 0 Å². The predicted octanol–water partition coefficient (Wildman–Crippen LogP) is 5.14. The van der Waals surface area contributed by atoms with E-state index >= 15 is 0 Å². The van der Waals surface area contributed by atoms with Gasteiger partial charge in [0.05, 0.1) is 4.91 Å². The summed E-state index contributed by atoms with van der Waals surface area (Å²) < 4.78 is 7.40. The summed E-state index contributed by atoms with van der Waals surface area (Å²) >= 11 is 6.80. The second-order valence-corrected chi connectivity index (χ2v) is 11.8. The molecule has 7 nitrogen and oxygen atoms in total. The minimum Gasteiger partial charge on any atom is -0.385 e. The van der Waals surface area contributed by atoms with Crippen molar-refractivity contribution in [2.75, 3.05) is 38.3 Å². The molecule has 4 rings (SSSR count). The van der Waals surface area contributed by atoms with Gasteiger partial charge in [0, 0.05) is 45.5 Å². The average Bonchev–Trinajstić information content (AvgIpc) is 3.20. The SMILES string of the molecule is CCCn1c(N2CCC(Cc3ccccc3)CC2)c(/C=C2/SC(=S)N(CCCOC)C2=O)c(C)c(C#N)c1=O. The molecule has 0 aliphatic carbocycles. The number of carbonyl (C=O) groups excluding carboxylic acids is 1. The molecule has 2 fully saturated rings. The summed E-state index contributed by atoms with van der Waals surface area (Å²) in [6, 6.07) is 12.7. The van der Waals surface area contributed by atoms with Gasteiger partial charge in [-0.05, 0) is 62.1 Å². The summed E-state index contributed by atoms with van der Waals surface area (Å²) in [7, 11) is 1.64. The van der Waals surface area contributed by atoms with Gasteiger partial charge in [-0.15, -0.1) is 0 Å². The fraction of sp³-hybridized carbons (Fsp3) is 0.467. The molecule has 2 aliphatic heterocycles. The van der Waals surface area contributed by atoms with Gasteiger partial charge in [-0.2, -0.15) is 5.26 Å². The topological polar surface area (TPSA) is 78.6 Å². The number of hydrogen-bond acceptors (Lipinski definition) is 7. The molecule has 206 valence electrons. The number of aromatic nitrogens is 1. The number of amides is 1. The minimum absolute atomic E-state index is 0.132. The van der Waals surface area contributed by atoms with Crippen LogP contribution in [0.4, 0.5) is 5.82 Å². The first-order valence-corrected chi connectivity index (χ1v) is 14.8. The number of hydrogen-bond donors (Lipinski definition) is 0. The van der Waals surface area contributed by atoms with Crippen LogP contribution in [0.15, 0.2) is 40.0 Å². The van der Waals surface area contributed by atoms with Crippen LogP contribution in [0, 0.1) is 24.2 Å². The number of thiocarbonyl (C=S) groups is 1. The normalized spacial score (nSPS) is 17.3. The molecule has 0 radical (unpaired) electrons. The van der Waals surface area contributed by atoms with Gasteiger partial charge in [0.15, 0.2) is 0 Å². The Labute approximate surface area is 240 Å². The van der Waals surface area contributed by atoms with Gasteiger partial charge < -0.3 is 9.64 Å². The maximum absolute atomic E-state index is 13.5. The lowest BCUT2D eigenvalue weighted by molar-refractivity contribution is -0.122. The van der Waals surface area contributed by atoms with E-state index in [0.717, 1.165) is 50.2 Å². The Morgan fingerprint density at radius 1 is 1.18 bits per heavy atom. The van der Waals surface area contributed by atoms with E-state index in [1.165, 1.54) is 17.3 Å². The Morgan fingerprint density at radius 3 is 2.54 bits per heavy atom. The third-order valence-corrected chi connectivity index (χ3v) is 8.83. The Balaban J connectivity index is 1.70. The zero-order valence-corrected chi connectivity index (χ0v) is 24.6. The van der Waals surface area contributed by atoms with Crippen LogP contribution in [0.25, 0.3) is 6.08 Å². The highest BCUT2D eigenvalue weighted by molar-refractivity contribution is 8.26. The Kier molecular flexibility index (Phi) is 10.0. The number of ether oxygens (including phenoxy) is 1. The van der Waals surface area contributed by atoms with Gasteiger partial charge in [-0.1, -0.05) is 61.2 Å². The van der Waals surface area contributed by atoms with Crippen LogP contribution >= 0.6 is 24.0 Å². The molecule has 39 heavy (non-hydrogen) atoms. The van der Waals surface area contributed by atoms with Crippen molar-refractivity contribution < 1.29 is 9.53 Å². The minimum atomic E-state index is -0.262. The molecule has 2 aromatic rings. The Morgan fingerprint density at radius 2 is 1.90 bits per heavy atom. The molecule has 0 atom stereocenters. The number of pyridine rings is 1. The molecule has 0 saturated carbocycles. The van der Waals surface area contributed by atoms with Crippen molar-refractivity contribution in [3.05, 3.63) is 67.8 Å². The number of benzene rings is 1. The molecule has 2 aliphatic rings. The summed E-state index contributed by atoms with van der Waals surface area (Å²) in [5, 5.41) is 9.90. The van der Waals surface area contributed by atoms with E-state index in [4.69, 9.17) is 17.0 Å². The second kappa shape index (κ2) is 13.4. The fourth-order valence-electron chi connectivity index (χ4n) is 5.40. The number of anilines is 1. The van der Waals surface area contributed by atoms with Crippen LogP contribution < -0.4 is 10.5 Å². The maximum Gasteiger partial charge on any atom is 0.270 e. The number of thioether (sulfide) groups is 1. The van der Waals surface area contributed by atoms with E-state index in [1.807, 2.05) is 26.0 Å². The molecule has 1 aromatic heterocycles. The first kappa shape index (κ1) is 29.1. The van der Waals surface area contributed by atoms with E-state index in [2.05, 4.69) is 35.2 Å². The van der Waals surface area contributed by atoms with E-state index < -0.39 is 0 Å². The number of methoxy groups -OCH3 is 1. The molecule has 1 aromatic carbocycles. The van der Waals surface area contributed by atoms with Crippen molar-refractivity contribution in [2.45, 2.75) is 52.5 Å². The van der Waals surface area contributed by atoms with Crippen molar-refractivity contribution in [3.63, 3.8) is 0 Å². The summed E-state index contributed by atoms with van der Waals surface area (Å²) in [6.07, 6.45) is 6.36. The number of rotatable bonds is 10. The first-order valence-electron chi connectivity index (χ1n) is 13.6. The van der Waals surface area contributed by atoms with E-state index in [1.54, 1.807) is 16.6 Å². The van der Waals surface area contributed by atoms with Gasteiger partial charge in [-0.3, -0.25) is 19.1 Å². The van der Waals surface area contributed by atoms with Gasteiger partial charge in [0.2, 0.25) is 0 Å². The second-order valence-electron chi connectivity index (χ2n) is 10.1. The summed E-state index contributed by atoms with van der Waals surface area (Å²) in [5.74, 6) is 1.24. The summed E-state index contributed by atoms with van der Waals surface area (Å²) in [5.41, 5.74) is 2.59. The molecule has 0 bridgehead atoms. The van der Waals surface area contributed by atoms with Crippen molar-refractivity contribution in [1.82, 2.24) is 9.47 Å². The lowest BCUT2D eigenvalue weighted by atomic mass is 9.90. The number of piperidine rings is 1. The largest absolute Gasteiger partial charge is 0.385 e. The maximum atomic E-state index is 13.5. The van der Waals surface area contributed by atoms with Crippen molar-refractivity contribution in [1.29, 1.82) is 5.26 Å². The lowest BCUT2D eigenvalue weighted by Crippen LogP contribution is -2.40. The van der Waals surface area contributed by atoms with Crippen LogP contribution in [0.2, 0.25) is 0 Å². The van der Waals surface area contributed by atoms with Crippen LogP contribution in [0.5, 0.6) is 0 Å². The van der Waals surface area contributed by atoms with Gasteiger partial charge >= 0.3 is 0 Å². The summed E-state index contributed by atoms with van der Waals surface area (Å²) in [6.45, 7) is 7.01. The molecule has 1 amide bonds. The molecule has 0 spiro atoms. The molecule has 0 N–H and O–H groups in total. The molecule has 2 saturated heterocycles. The van der Waals surface area contributed by atoms with E-state index in [0.29, 0.717) is 46.8 Å². The van der Waals surface area contributed by atoms with Gasteiger partial charge in [0.1, 0.15) is 21.8 Å². The number of nitriles is 1. The zero-order valence-electron chi connectivity index (χ0n) is 22.9. The third kappa shape index (κ3) is 6.46. The highest BCUT2D eigenvalue weighted by atomic mass is 32.2. The van der Waals surface area contributed by atoms with Crippen molar-refractivity contribution in [2.24, 2.45) is 5.92 Å². The Bertz CT molecular complexity index is 1340. The highest BCUT2D eigenvalue weighted by Gasteiger charge is 2.33. The number of carbonyl (C=O) groups is 1. The average molecular weight is 565 g/mol. The molecule has 9 heteroatoms. The van der Waals surface area contributed by atoms with Gasteiger partial charge in [-0.25, -0.2) is 0 Å². The Hall–Kier alpha value is -2.93. The first-order chi connectivity index (χ1) is 18.9. The quantitative estimate of drug-likeness (QED) is 0.225. The number of nitrogens with zero attached hydrogens (tertiary/aromatic N) is 4. The molecular formula is C30H36N4O3S2. The molecule has 0 unspecified atom stereocenters. The third-order valence-electron chi connectivity index (χ3n) is 7.45. The van der Waals surface area contributed by atoms with Crippen LogP contribution in [-0.4, -0.2) is 53.0 Å². The van der Waals surface area contributed by atoms with E-state index in [-0.39, 0.29) is 17.0 Å². The monoisotopic (exact) mass is 564 g/mol.